The van der Waals surface area contributed by atoms with Crippen molar-refractivity contribution in [3.8, 4) is 17.2 Å². The maximum Gasteiger partial charge on any atom is 0.266 e. The molecule has 0 spiro atoms. The summed E-state index contributed by atoms with van der Waals surface area (Å²) in [6, 6.07) is 11.6. The molecule has 1 aliphatic rings. The molecule has 1 aliphatic heterocycles. The van der Waals surface area contributed by atoms with Gasteiger partial charge in [-0.25, -0.2) is 0 Å². The number of thioether (sulfide) groups is 1. The molecule has 1 fully saturated rings. The van der Waals surface area contributed by atoms with Crippen molar-refractivity contribution in [1.29, 1.82) is 0 Å². The van der Waals surface area contributed by atoms with Crippen LogP contribution in [0, 0.1) is 13.8 Å². The van der Waals surface area contributed by atoms with Crippen LogP contribution in [-0.2, 0) is 9.53 Å². The predicted octanol–water partition coefficient (Wildman–Crippen LogP) is 5.01. The topological polar surface area (TPSA) is 57.2 Å². The summed E-state index contributed by atoms with van der Waals surface area (Å²) in [4.78, 5) is 14.6. The van der Waals surface area contributed by atoms with Crippen LogP contribution in [-0.4, -0.2) is 55.2 Å². The smallest absolute Gasteiger partial charge is 0.266 e. The molecule has 0 unspecified atom stereocenters. The summed E-state index contributed by atoms with van der Waals surface area (Å²) in [5.41, 5.74) is 3.29. The van der Waals surface area contributed by atoms with E-state index in [1.807, 2.05) is 49.4 Å². The SMILES string of the molecule is CCN1C(=O)/C(=C\c2ccc(OCCOCCOc3ccc(C)c(C)c3)c(OC)c2)SC1=S. The Morgan fingerprint density at radius 2 is 1.73 bits per heavy atom. The fourth-order valence-corrected chi connectivity index (χ4v) is 4.54. The molecule has 0 atom stereocenters. The van der Waals surface area contributed by atoms with Gasteiger partial charge >= 0.3 is 0 Å². The number of rotatable bonds is 11. The third-order valence-corrected chi connectivity index (χ3v) is 6.51. The Bertz CT molecular complexity index is 1040. The monoisotopic (exact) mass is 487 g/mol. The highest BCUT2D eigenvalue weighted by Gasteiger charge is 2.30. The van der Waals surface area contributed by atoms with E-state index in [4.69, 9.17) is 31.2 Å². The number of thiocarbonyl (C=S) groups is 1. The Labute approximate surface area is 204 Å². The first-order chi connectivity index (χ1) is 15.9. The van der Waals surface area contributed by atoms with Gasteiger partial charge in [0.2, 0.25) is 0 Å². The van der Waals surface area contributed by atoms with Gasteiger partial charge in [0.25, 0.3) is 5.91 Å². The zero-order chi connectivity index (χ0) is 23.8. The van der Waals surface area contributed by atoms with Gasteiger partial charge in [-0.05, 0) is 67.8 Å². The Balaban J connectivity index is 1.45. The van der Waals surface area contributed by atoms with E-state index < -0.39 is 0 Å². The average molecular weight is 488 g/mol. The third kappa shape index (κ3) is 6.72. The molecule has 176 valence electrons. The number of hydrogen-bond donors (Lipinski definition) is 0. The summed E-state index contributed by atoms with van der Waals surface area (Å²) in [5.74, 6) is 1.99. The van der Waals surface area contributed by atoms with Crippen LogP contribution in [0.3, 0.4) is 0 Å². The maximum absolute atomic E-state index is 12.4. The molecule has 0 N–H and O–H groups in total. The lowest BCUT2D eigenvalue weighted by Gasteiger charge is -2.12. The minimum absolute atomic E-state index is 0.0644. The number of likely N-dealkylation sites (N-methyl/N-ethyl adjacent to an activating group) is 1. The first kappa shape index (κ1) is 25.1. The van der Waals surface area contributed by atoms with Crippen molar-refractivity contribution in [3.63, 3.8) is 0 Å². The number of nitrogens with zero attached hydrogens (tertiary/aromatic N) is 1. The molecule has 33 heavy (non-hydrogen) atoms. The highest BCUT2D eigenvalue weighted by atomic mass is 32.2. The van der Waals surface area contributed by atoms with E-state index in [1.54, 1.807) is 12.0 Å². The van der Waals surface area contributed by atoms with Crippen LogP contribution in [0.4, 0.5) is 0 Å². The molecule has 2 aromatic carbocycles. The number of aryl methyl sites for hydroxylation is 2. The van der Waals surface area contributed by atoms with E-state index in [1.165, 1.54) is 22.9 Å². The number of amides is 1. The predicted molar refractivity (Wildman–Crippen MR) is 136 cm³/mol. The number of ether oxygens (including phenoxy) is 4. The van der Waals surface area contributed by atoms with Crippen LogP contribution in [0.2, 0.25) is 0 Å². The molecule has 1 heterocycles. The molecule has 6 nitrogen and oxygen atoms in total. The molecule has 3 rings (SSSR count). The summed E-state index contributed by atoms with van der Waals surface area (Å²) in [6.07, 6.45) is 1.82. The third-order valence-electron chi connectivity index (χ3n) is 5.14. The Hall–Kier alpha value is -2.55. The quantitative estimate of drug-likeness (QED) is 0.251. The summed E-state index contributed by atoms with van der Waals surface area (Å²) in [5, 5.41) is 0. The molecule has 0 aromatic heterocycles. The lowest BCUT2D eigenvalue weighted by Crippen LogP contribution is -2.27. The first-order valence-electron chi connectivity index (χ1n) is 10.8. The van der Waals surface area contributed by atoms with Crippen molar-refractivity contribution in [2.24, 2.45) is 0 Å². The van der Waals surface area contributed by atoms with Crippen molar-refractivity contribution in [3.05, 3.63) is 58.0 Å². The summed E-state index contributed by atoms with van der Waals surface area (Å²) >= 11 is 6.57. The van der Waals surface area contributed by atoms with Gasteiger partial charge in [0.05, 0.1) is 25.2 Å². The summed E-state index contributed by atoms with van der Waals surface area (Å²) in [6.45, 7) is 8.38. The maximum atomic E-state index is 12.4. The minimum atomic E-state index is -0.0644. The van der Waals surface area contributed by atoms with E-state index in [-0.39, 0.29) is 5.91 Å². The molecular weight excluding hydrogens is 458 g/mol. The molecule has 1 saturated heterocycles. The number of carbonyl (C=O) groups is 1. The zero-order valence-corrected chi connectivity index (χ0v) is 21.0. The lowest BCUT2D eigenvalue weighted by atomic mass is 10.1. The number of benzene rings is 2. The number of carbonyl (C=O) groups excluding carboxylic acids is 1. The van der Waals surface area contributed by atoms with Crippen LogP contribution in [0.1, 0.15) is 23.6 Å². The van der Waals surface area contributed by atoms with E-state index in [2.05, 4.69) is 13.8 Å². The second-order valence-corrected chi connectivity index (χ2v) is 9.07. The fourth-order valence-electron chi connectivity index (χ4n) is 3.15. The highest BCUT2D eigenvalue weighted by molar-refractivity contribution is 8.26. The molecule has 0 bridgehead atoms. The van der Waals surface area contributed by atoms with Gasteiger partial charge in [0, 0.05) is 6.54 Å². The molecule has 0 radical (unpaired) electrons. The second kappa shape index (κ2) is 12.1. The minimum Gasteiger partial charge on any atom is -0.493 e. The Morgan fingerprint density at radius 3 is 2.39 bits per heavy atom. The average Bonchev–Trinajstić information content (AvgIpc) is 3.07. The van der Waals surface area contributed by atoms with E-state index in [0.29, 0.717) is 53.7 Å². The van der Waals surface area contributed by atoms with E-state index in [9.17, 15) is 4.79 Å². The fraction of sp³-hybridized carbons (Fsp3) is 0.360. The van der Waals surface area contributed by atoms with Crippen LogP contribution >= 0.6 is 24.0 Å². The number of methoxy groups -OCH3 is 1. The normalized spacial score (nSPS) is 14.8. The van der Waals surface area contributed by atoms with Crippen molar-refractivity contribution < 1.29 is 23.7 Å². The van der Waals surface area contributed by atoms with Crippen LogP contribution < -0.4 is 14.2 Å². The first-order valence-corrected chi connectivity index (χ1v) is 12.0. The van der Waals surface area contributed by atoms with Gasteiger partial charge in [-0.1, -0.05) is 36.1 Å². The highest BCUT2D eigenvalue weighted by Crippen LogP contribution is 2.34. The Morgan fingerprint density at radius 1 is 0.970 bits per heavy atom. The van der Waals surface area contributed by atoms with E-state index in [0.717, 1.165) is 11.3 Å². The van der Waals surface area contributed by atoms with Crippen molar-refractivity contribution in [2.45, 2.75) is 20.8 Å². The van der Waals surface area contributed by atoms with Crippen LogP contribution in [0.25, 0.3) is 6.08 Å². The van der Waals surface area contributed by atoms with Gasteiger partial charge in [0.1, 0.15) is 23.3 Å². The van der Waals surface area contributed by atoms with Crippen LogP contribution in [0.5, 0.6) is 17.2 Å². The molecule has 0 saturated carbocycles. The largest absolute Gasteiger partial charge is 0.493 e. The lowest BCUT2D eigenvalue weighted by molar-refractivity contribution is -0.121. The second-order valence-electron chi connectivity index (χ2n) is 7.39. The van der Waals surface area contributed by atoms with E-state index >= 15 is 0 Å². The van der Waals surface area contributed by atoms with Gasteiger partial charge < -0.3 is 18.9 Å². The standard InChI is InChI=1S/C25H29NO5S2/c1-5-26-24(27)23(33-25(26)32)16-19-7-9-21(22(15-19)28-4)31-13-11-29-10-12-30-20-8-6-17(2)18(3)14-20/h6-9,14-16H,5,10-13H2,1-4H3/b23-16+. The molecule has 8 heteroatoms. The van der Waals surface area contributed by atoms with Gasteiger partial charge in [-0.2, -0.15) is 0 Å². The molecule has 0 aliphatic carbocycles. The molecule has 2 aromatic rings. The summed E-state index contributed by atoms with van der Waals surface area (Å²) < 4.78 is 23.2. The van der Waals surface area contributed by atoms with Gasteiger partial charge in [-0.15, -0.1) is 0 Å². The van der Waals surface area contributed by atoms with Gasteiger partial charge in [0.15, 0.2) is 11.5 Å². The number of hydrogen-bond acceptors (Lipinski definition) is 7. The molecule has 1 amide bonds. The van der Waals surface area contributed by atoms with Crippen molar-refractivity contribution in [2.75, 3.05) is 40.1 Å². The van der Waals surface area contributed by atoms with Crippen molar-refractivity contribution in [1.82, 2.24) is 4.90 Å². The van der Waals surface area contributed by atoms with Gasteiger partial charge in [-0.3, -0.25) is 9.69 Å². The van der Waals surface area contributed by atoms with Crippen LogP contribution in [0.15, 0.2) is 41.3 Å². The van der Waals surface area contributed by atoms with Crippen molar-refractivity contribution >= 4 is 40.3 Å². The zero-order valence-electron chi connectivity index (χ0n) is 19.4. The molecular formula is C25H29NO5S2. The summed E-state index contributed by atoms with van der Waals surface area (Å²) in [7, 11) is 1.59. The Kier molecular flexibility index (Phi) is 9.17.